The fourth-order valence-corrected chi connectivity index (χ4v) is 5.53. The van der Waals surface area contributed by atoms with Crippen LogP contribution in [-0.2, 0) is 4.84 Å². The van der Waals surface area contributed by atoms with Crippen molar-refractivity contribution in [1.82, 2.24) is 4.90 Å². The van der Waals surface area contributed by atoms with Crippen molar-refractivity contribution in [2.75, 3.05) is 14.2 Å². The summed E-state index contributed by atoms with van der Waals surface area (Å²) in [7, 11) is 3.94. The van der Waals surface area contributed by atoms with E-state index < -0.39 is 0 Å². The summed E-state index contributed by atoms with van der Waals surface area (Å²) < 4.78 is 2.22. The highest BCUT2D eigenvalue weighted by Gasteiger charge is 2.48. The number of hydrogen-bond acceptors (Lipinski definition) is 3. The third-order valence-electron chi connectivity index (χ3n) is 6.05. The molecule has 2 bridgehead atoms. The lowest BCUT2D eigenvalue weighted by atomic mass is 9.66. The minimum atomic E-state index is 0.303. The number of fused-ring (bicyclic) bond motifs is 2. The highest BCUT2D eigenvalue weighted by atomic mass is 79.9. The second kappa shape index (κ2) is 8.06. The van der Waals surface area contributed by atoms with Gasteiger partial charge in [-0.05, 0) is 55.3 Å². The largest absolute Gasteiger partial charge is 0.399 e. The number of likely N-dealkylation sites (tertiary alicyclic amines) is 1. The van der Waals surface area contributed by atoms with Crippen LogP contribution in [-0.4, -0.2) is 24.8 Å². The molecule has 5 heteroatoms. The molecule has 4 unspecified atom stereocenters. The van der Waals surface area contributed by atoms with Gasteiger partial charge in [-0.1, -0.05) is 67.7 Å². The van der Waals surface area contributed by atoms with Crippen LogP contribution >= 0.6 is 31.9 Å². The smallest absolute Gasteiger partial charge is 0.106 e. The molecule has 2 aromatic rings. The van der Waals surface area contributed by atoms with Gasteiger partial charge in [0.15, 0.2) is 0 Å². The van der Waals surface area contributed by atoms with Crippen LogP contribution in [0, 0.1) is 11.8 Å². The summed E-state index contributed by atoms with van der Waals surface area (Å²) in [6.07, 6.45) is 3.57. The summed E-state index contributed by atoms with van der Waals surface area (Å²) in [6, 6.07) is 18.1. The van der Waals surface area contributed by atoms with Crippen molar-refractivity contribution in [3.05, 3.63) is 68.6 Å². The van der Waals surface area contributed by atoms with Crippen LogP contribution in [0.2, 0.25) is 0 Å². The molecular formula is C22H24Br2N2O. The molecule has 1 saturated carbocycles. The molecule has 2 aromatic carbocycles. The minimum Gasteiger partial charge on any atom is -0.399 e. The number of halogens is 2. The van der Waals surface area contributed by atoms with Gasteiger partial charge in [0, 0.05) is 32.9 Å². The van der Waals surface area contributed by atoms with Crippen molar-refractivity contribution in [2.24, 2.45) is 17.0 Å². The van der Waals surface area contributed by atoms with Gasteiger partial charge in [0.1, 0.15) is 7.11 Å². The Balaban J connectivity index is 1.82. The SMILES string of the molecule is CON=C1C2CCCC1C(c1ccc(Br)cc1)N(C)C2c1ccc(Br)cc1. The zero-order chi connectivity index (χ0) is 19.0. The van der Waals surface area contributed by atoms with E-state index in [0.717, 1.165) is 21.8 Å². The predicted molar refractivity (Wildman–Crippen MR) is 117 cm³/mol. The van der Waals surface area contributed by atoms with Crippen molar-refractivity contribution >= 4 is 37.6 Å². The molecule has 1 aliphatic heterocycles. The lowest BCUT2D eigenvalue weighted by Gasteiger charge is -2.52. The Morgan fingerprint density at radius 2 is 1.30 bits per heavy atom. The average Bonchev–Trinajstić information content (AvgIpc) is 2.66. The Bertz CT molecular complexity index is 756. The van der Waals surface area contributed by atoms with E-state index in [1.54, 1.807) is 7.11 Å². The van der Waals surface area contributed by atoms with Crippen LogP contribution in [0.25, 0.3) is 0 Å². The van der Waals surface area contributed by atoms with Crippen LogP contribution in [0.1, 0.15) is 42.5 Å². The zero-order valence-electron chi connectivity index (χ0n) is 15.6. The second-order valence-electron chi connectivity index (χ2n) is 7.50. The van der Waals surface area contributed by atoms with Gasteiger partial charge in [-0.3, -0.25) is 4.90 Å². The molecule has 2 aliphatic rings. The first-order valence-electron chi connectivity index (χ1n) is 9.44. The summed E-state index contributed by atoms with van der Waals surface area (Å²) in [4.78, 5) is 7.88. The molecule has 0 aromatic heterocycles. The van der Waals surface area contributed by atoms with E-state index in [2.05, 4.69) is 97.5 Å². The van der Waals surface area contributed by atoms with Crippen molar-refractivity contribution in [2.45, 2.75) is 31.3 Å². The highest BCUT2D eigenvalue weighted by Crippen LogP contribution is 2.51. The zero-order valence-corrected chi connectivity index (χ0v) is 18.8. The number of piperidine rings is 1. The minimum absolute atomic E-state index is 0.303. The topological polar surface area (TPSA) is 24.8 Å². The maximum Gasteiger partial charge on any atom is 0.106 e. The molecule has 2 fully saturated rings. The maximum absolute atomic E-state index is 5.31. The first-order chi connectivity index (χ1) is 13.1. The fourth-order valence-electron chi connectivity index (χ4n) is 5.00. The Labute approximate surface area is 178 Å². The molecule has 0 spiro atoms. The fraction of sp³-hybridized carbons (Fsp3) is 0.409. The molecule has 1 aliphatic carbocycles. The van der Waals surface area contributed by atoms with Gasteiger partial charge in [-0.15, -0.1) is 0 Å². The van der Waals surface area contributed by atoms with E-state index in [0.29, 0.717) is 23.9 Å². The molecule has 3 nitrogen and oxygen atoms in total. The average molecular weight is 492 g/mol. The monoisotopic (exact) mass is 490 g/mol. The van der Waals surface area contributed by atoms with Gasteiger partial charge < -0.3 is 4.84 Å². The first kappa shape index (κ1) is 19.2. The summed E-state index contributed by atoms with van der Waals surface area (Å²) in [6.45, 7) is 0. The lowest BCUT2D eigenvalue weighted by Crippen LogP contribution is -2.51. The Morgan fingerprint density at radius 1 is 0.852 bits per heavy atom. The summed E-state index contributed by atoms with van der Waals surface area (Å²) >= 11 is 7.14. The van der Waals surface area contributed by atoms with Crippen LogP contribution in [0.5, 0.6) is 0 Å². The van der Waals surface area contributed by atoms with Gasteiger partial charge in [0.05, 0.1) is 5.71 Å². The van der Waals surface area contributed by atoms with Gasteiger partial charge >= 0.3 is 0 Å². The van der Waals surface area contributed by atoms with E-state index in [9.17, 15) is 0 Å². The lowest BCUT2D eigenvalue weighted by molar-refractivity contribution is 0.0609. The van der Waals surface area contributed by atoms with E-state index >= 15 is 0 Å². The molecule has 4 atom stereocenters. The summed E-state index contributed by atoms with van der Waals surface area (Å²) in [5.74, 6) is 0.808. The number of rotatable bonds is 3. The summed E-state index contributed by atoms with van der Waals surface area (Å²) in [5.41, 5.74) is 3.93. The Hall–Kier alpha value is -1.17. The normalized spacial score (nSPS) is 28.1. The van der Waals surface area contributed by atoms with Crippen LogP contribution in [0.3, 0.4) is 0 Å². The predicted octanol–water partition coefficient (Wildman–Crippen LogP) is 6.36. The van der Waals surface area contributed by atoms with E-state index in [4.69, 9.17) is 4.84 Å². The van der Waals surface area contributed by atoms with Gasteiger partial charge in [-0.25, -0.2) is 0 Å². The van der Waals surface area contributed by atoms with Gasteiger partial charge in [0.25, 0.3) is 0 Å². The van der Waals surface area contributed by atoms with Crippen molar-refractivity contribution in [1.29, 1.82) is 0 Å². The van der Waals surface area contributed by atoms with E-state index in [-0.39, 0.29) is 0 Å². The maximum atomic E-state index is 5.31. The van der Waals surface area contributed by atoms with E-state index in [1.165, 1.54) is 23.3 Å². The van der Waals surface area contributed by atoms with Crippen molar-refractivity contribution in [3.63, 3.8) is 0 Å². The molecule has 1 saturated heterocycles. The molecular weight excluding hydrogens is 468 g/mol. The molecule has 0 N–H and O–H groups in total. The van der Waals surface area contributed by atoms with Crippen LogP contribution in [0.15, 0.2) is 62.6 Å². The number of oxime groups is 1. The van der Waals surface area contributed by atoms with Gasteiger partial charge in [0.2, 0.25) is 0 Å². The van der Waals surface area contributed by atoms with Gasteiger partial charge in [-0.2, -0.15) is 0 Å². The molecule has 4 rings (SSSR count). The number of hydrogen-bond donors (Lipinski definition) is 0. The molecule has 0 radical (unpaired) electrons. The molecule has 0 amide bonds. The van der Waals surface area contributed by atoms with Crippen LogP contribution in [0.4, 0.5) is 0 Å². The highest BCUT2D eigenvalue weighted by molar-refractivity contribution is 9.10. The molecule has 27 heavy (non-hydrogen) atoms. The number of nitrogens with zero attached hydrogens (tertiary/aromatic N) is 2. The van der Waals surface area contributed by atoms with Crippen molar-refractivity contribution in [3.8, 4) is 0 Å². The first-order valence-corrected chi connectivity index (χ1v) is 11.0. The van der Waals surface area contributed by atoms with E-state index in [1.807, 2.05) is 0 Å². The third kappa shape index (κ3) is 3.62. The Morgan fingerprint density at radius 3 is 1.70 bits per heavy atom. The second-order valence-corrected chi connectivity index (χ2v) is 9.33. The Kier molecular flexibility index (Phi) is 5.72. The molecule has 1 heterocycles. The van der Waals surface area contributed by atoms with Crippen molar-refractivity contribution < 1.29 is 4.84 Å². The van der Waals surface area contributed by atoms with Crippen LogP contribution < -0.4 is 0 Å². The molecule has 142 valence electrons. The number of benzene rings is 2. The quantitative estimate of drug-likeness (QED) is 0.466. The standard InChI is InChI=1S/C22H24Br2N2O/c1-26-21(14-6-10-16(23)11-7-14)18-4-3-5-19(20(18)25-27-2)22(26)15-8-12-17(24)13-9-15/h6-13,18-19,21-22H,3-5H2,1-2H3. The third-order valence-corrected chi connectivity index (χ3v) is 7.11. The summed E-state index contributed by atoms with van der Waals surface area (Å²) in [5, 5.41) is 4.56.